The maximum atomic E-state index is 6.12. The summed E-state index contributed by atoms with van der Waals surface area (Å²) in [5.41, 5.74) is 1.16. The van der Waals surface area contributed by atoms with Crippen molar-refractivity contribution < 1.29 is 4.74 Å². The lowest BCUT2D eigenvalue weighted by Crippen LogP contribution is -2.45. The van der Waals surface area contributed by atoms with Crippen molar-refractivity contribution in [1.82, 2.24) is 5.32 Å². The van der Waals surface area contributed by atoms with Gasteiger partial charge in [-0.3, -0.25) is 0 Å². The van der Waals surface area contributed by atoms with Crippen LogP contribution in [0.1, 0.15) is 52.1 Å². The van der Waals surface area contributed by atoms with Crippen LogP contribution in [0.5, 0.6) is 5.75 Å². The van der Waals surface area contributed by atoms with Gasteiger partial charge >= 0.3 is 0 Å². The maximum absolute atomic E-state index is 6.12. The van der Waals surface area contributed by atoms with Crippen molar-refractivity contribution in [3.63, 3.8) is 0 Å². The lowest BCUT2D eigenvalue weighted by Gasteiger charge is -2.31. The van der Waals surface area contributed by atoms with E-state index in [1.165, 1.54) is 18.4 Å². The van der Waals surface area contributed by atoms with Gasteiger partial charge in [0.25, 0.3) is 0 Å². The molecule has 104 valence electrons. The predicted molar refractivity (Wildman–Crippen MR) is 78.4 cm³/mol. The molecule has 2 heteroatoms. The quantitative estimate of drug-likeness (QED) is 0.869. The summed E-state index contributed by atoms with van der Waals surface area (Å²) in [6, 6.07) is 9.37. The Morgan fingerprint density at radius 1 is 1.16 bits per heavy atom. The highest BCUT2D eigenvalue weighted by Crippen LogP contribution is 2.44. The number of para-hydroxylation sites is 1. The van der Waals surface area contributed by atoms with Crippen LogP contribution in [0.3, 0.4) is 0 Å². The summed E-state index contributed by atoms with van der Waals surface area (Å²) < 4.78 is 6.12. The molecule has 4 unspecified atom stereocenters. The number of hydrogen-bond donors (Lipinski definition) is 1. The van der Waals surface area contributed by atoms with Crippen LogP contribution in [0.2, 0.25) is 0 Å². The zero-order chi connectivity index (χ0) is 13.6. The predicted octanol–water partition coefficient (Wildman–Crippen LogP) is 3.92. The summed E-state index contributed by atoms with van der Waals surface area (Å²) in [5, 5.41) is 3.88. The third-order valence-corrected chi connectivity index (χ3v) is 5.14. The van der Waals surface area contributed by atoms with E-state index in [-0.39, 0.29) is 5.60 Å². The van der Waals surface area contributed by atoms with E-state index in [2.05, 4.69) is 57.3 Å². The van der Waals surface area contributed by atoms with E-state index in [4.69, 9.17) is 4.74 Å². The molecule has 0 radical (unpaired) electrons. The van der Waals surface area contributed by atoms with Crippen molar-refractivity contribution in [1.29, 1.82) is 0 Å². The van der Waals surface area contributed by atoms with Crippen molar-refractivity contribution in [2.45, 2.75) is 58.2 Å². The fourth-order valence-electron chi connectivity index (χ4n) is 3.63. The summed E-state index contributed by atoms with van der Waals surface area (Å²) in [4.78, 5) is 0. The van der Waals surface area contributed by atoms with Crippen LogP contribution in [-0.2, 0) is 0 Å². The lowest BCUT2D eigenvalue weighted by atomic mass is 9.91. The van der Waals surface area contributed by atoms with E-state index >= 15 is 0 Å². The molecular weight excluding hydrogens is 234 g/mol. The van der Waals surface area contributed by atoms with Gasteiger partial charge in [-0.15, -0.1) is 0 Å². The highest BCUT2D eigenvalue weighted by Gasteiger charge is 2.43. The van der Waals surface area contributed by atoms with Crippen LogP contribution < -0.4 is 10.1 Å². The first kappa shape index (κ1) is 13.0. The molecule has 0 spiro atoms. The average Bonchev–Trinajstić information content (AvgIpc) is 2.81. The van der Waals surface area contributed by atoms with Gasteiger partial charge in [0, 0.05) is 11.6 Å². The van der Waals surface area contributed by atoms with Gasteiger partial charge in [0.05, 0.1) is 6.04 Å². The minimum atomic E-state index is -0.158. The van der Waals surface area contributed by atoms with Crippen molar-refractivity contribution in [2.75, 3.05) is 0 Å². The minimum Gasteiger partial charge on any atom is -0.486 e. The van der Waals surface area contributed by atoms with Crippen molar-refractivity contribution in [2.24, 2.45) is 11.8 Å². The van der Waals surface area contributed by atoms with Crippen LogP contribution in [0.15, 0.2) is 24.3 Å². The van der Waals surface area contributed by atoms with E-state index in [9.17, 15) is 0 Å². The molecule has 1 N–H and O–H groups in total. The van der Waals surface area contributed by atoms with E-state index < -0.39 is 0 Å². The van der Waals surface area contributed by atoms with Crippen LogP contribution in [0.25, 0.3) is 0 Å². The molecular formula is C17H25NO. The van der Waals surface area contributed by atoms with Gasteiger partial charge in [-0.2, -0.15) is 0 Å². The van der Waals surface area contributed by atoms with Gasteiger partial charge in [0.15, 0.2) is 0 Å². The first-order valence-corrected chi connectivity index (χ1v) is 7.53. The Hall–Kier alpha value is -1.02. The smallest absolute Gasteiger partial charge is 0.125 e. The third-order valence-electron chi connectivity index (χ3n) is 5.14. The topological polar surface area (TPSA) is 21.3 Å². The van der Waals surface area contributed by atoms with Gasteiger partial charge in [-0.25, -0.2) is 0 Å². The maximum Gasteiger partial charge on any atom is 0.125 e. The van der Waals surface area contributed by atoms with Gasteiger partial charge in [0.1, 0.15) is 11.4 Å². The molecule has 1 saturated carbocycles. The SMILES string of the molecule is CC1CCC(NC2c3ccccc3OC2(C)C)C1C. The molecule has 1 aliphatic carbocycles. The van der Waals surface area contributed by atoms with Crippen LogP contribution >= 0.6 is 0 Å². The Kier molecular flexibility index (Phi) is 3.09. The summed E-state index contributed by atoms with van der Waals surface area (Å²) in [7, 11) is 0. The minimum absolute atomic E-state index is 0.158. The highest BCUT2D eigenvalue weighted by atomic mass is 16.5. The van der Waals surface area contributed by atoms with Gasteiger partial charge in [-0.05, 0) is 44.6 Å². The molecule has 1 aromatic carbocycles. The van der Waals surface area contributed by atoms with Crippen LogP contribution in [0.4, 0.5) is 0 Å². The fourth-order valence-corrected chi connectivity index (χ4v) is 3.63. The van der Waals surface area contributed by atoms with E-state index in [0.717, 1.165) is 17.6 Å². The second-order valence-electron chi connectivity index (χ2n) is 6.86. The Morgan fingerprint density at radius 3 is 2.58 bits per heavy atom. The van der Waals surface area contributed by atoms with Crippen molar-refractivity contribution in [3.8, 4) is 5.75 Å². The molecule has 0 amide bonds. The number of benzene rings is 1. The number of hydrogen-bond acceptors (Lipinski definition) is 2. The zero-order valence-electron chi connectivity index (χ0n) is 12.4. The van der Waals surface area contributed by atoms with Crippen LogP contribution in [0, 0.1) is 11.8 Å². The summed E-state index contributed by atoms with van der Waals surface area (Å²) in [6.07, 6.45) is 2.63. The van der Waals surface area contributed by atoms with Gasteiger partial charge in [-0.1, -0.05) is 32.0 Å². The molecule has 19 heavy (non-hydrogen) atoms. The van der Waals surface area contributed by atoms with E-state index in [1.807, 2.05) is 0 Å². The first-order valence-electron chi connectivity index (χ1n) is 7.53. The number of nitrogens with one attached hydrogen (secondary N) is 1. The Morgan fingerprint density at radius 2 is 1.89 bits per heavy atom. The highest BCUT2D eigenvalue weighted by molar-refractivity contribution is 5.42. The van der Waals surface area contributed by atoms with Crippen molar-refractivity contribution >= 4 is 0 Å². The lowest BCUT2D eigenvalue weighted by molar-refractivity contribution is 0.0877. The Balaban J connectivity index is 1.84. The normalized spacial score (nSPS) is 36.0. The number of rotatable bonds is 2. The summed E-state index contributed by atoms with van der Waals surface area (Å²) in [6.45, 7) is 9.13. The Labute approximate surface area is 116 Å². The van der Waals surface area contributed by atoms with Crippen molar-refractivity contribution in [3.05, 3.63) is 29.8 Å². The molecule has 0 bridgehead atoms. The van der Waals surface area contributed by atoms with Crippen LogP contribution in [-0.4, -0.2) is 11.6 Å². The molecule has 0 saturated heterocycles. The molecule has 1 heterocycles. The zero-order valence-corrected chi connectivity index (χ0v) is 12.4. The number of fused-ring (bicyclic) bond motifs is 1. The summed E-state index contributed by atoms with van der Waals surface area (Å²) in [5.74, 6) is 2.63. The fraction of sp³-hybridized carbons (Fsp3) is 0.647. The molecule has 2 aliphatic rings. The monoisotopic (exact) mass is 259 g/mol. The molecule has 1 aromatic rings. The second-order valence-corrected chi connectivity index (χ2v) is 6.86. The first-order chi connectivity index (χ1) is 8.99. The largest absolute Gasteiger partial charge is 0.486 e. The van der Waals surface area contributed by atoms with Gasteiger partial charge in [0.2, 0.25) is 0 Å². The summed E-state index contributed by atoms with van der Waals surface area (Å²) >= 11 is 0. The average molecular weight is 259 g/mol. The molecule has 4 atom stereocenters. The standard InChI is InChI=1S/C17H25NO/c1-11-9-10-14(12(11)2)18-16-13-7-5-6-8-15(13)19-17(16,3)4/h5-8,11-12,14,16,18H,9-10H2,1-4H3. The second kappa shape index (κ2) is 4.52. The number of ether oxygens (including phenoxy) is 1. The van der Waals surface area contributed by atoms with E-state index in [0.29, 0.717) is 12.1 Å². The van der Waals surface area contributed by atoms with Gasteiger partial charge < -0.3 is 10.1 Å². The van der Waals surface area contributed by atoms with E-state index in [1.54, 1.807) is 0 Å². The Bertz CT molecular complexity index is 468. The molecule has 2 nitrogen and oxygen atoms in total. The third kappa shape index (κ3) is 2.16. The molecule has 0 aromatic heterocycles. The molecule has 1 aliphatic heterocycles. The molecule has 1 fully saturated rings. The molecule has 3 rings (SSSR count).